The van der Waals surface area contributed by atoms with Gasteiger partial charge in [0.15, 0.2) is 0 Å². The lowest BCUT2D eigenvalue weighted by atomic mass is 10.1. The van der Waals surface area contributed by atoms with E-state index in [0.29, 0.717) is 43.8 Å². The van der Waals surface area contributed by atoms with E-state index in [0.717, 1.165) is 38.1 Å². The zero-order chi connectivity index (χ0) is 21.0. The maximum Gasteiger partial charge on any atom is 0.416 e. The molecule has 0 amide bonds. The first kappa shape index (κ1) is 20.3. The molecule has 2 fully saturated rings. The number of hydrogen-bond donors (Lipinski definition) is 1. The number of anilines is 3. The van der Waals surface area contributed by atoms with Gasteiger partial charge in [0.05, 0.1) is 25.0 Å². The minimum absolute atomic E-state index is 0.288. The molecule has 4 rings (SSSR count). The molecule has 2 aliphatic rings. The predicted octanol–water partition coefficient (Wildman–Crippen LogP) is 2.77. The molecule has 2 aliphatic heterocycles. The van der Waals surface area contributed by atoms with Gasteiger partial charge in [-0.2, -0.15) is 33.2 Å². The van der Waals surface area contributed by atoms with Gasteiger partial charge < -0.3 is 14.5 Å². The Morgan fingerprint density at radius 1 is 0.900 bits per heavy atom. The van der Waals surface area contributed by atoms with Crippen molar-refractivity contribution in [1.29, 1.82) is 0 Å². The van der Waals surface area contributed by atoms with E-state index in [4.69, 9.17) is 4.74 Å². The average Bonchev–Trinajstić information content (AvgIpc) is 3.29. The highest BCUT2D eigenvalue weighted by Crippen LogP contribution is 2.29. The topological polar surface area (TPSA) is 78.8 Å². The molecule has 1 aromatic carbocycles. The van der Waals surface area contributed by atoms with Crippen LogP contribution in [0.15, 0.2) is 29.4 Å². The summed E-state index contributed by atoms with van der Waals surface area (Å²) in [7, 11) is 0. The molecule has 1 aromatic heterocycles. The molecule has 1 N–H and O–H groups in total. The van der Waals surface area contributed by atoms with Crippen molar-refractivity contribution in [3.05, 3.63) is 35.4 Å². The first-order valence-electron chi connectivity index (χ1n) is 9.79. The summed E-state index contributed by atoms with van der Waals surface area (Å²) in [5, 5.41) is 4.09. The van der Waals surface area contributed by atoms with Crippen LogP contribution in [0.3, 0.4) is 0 Å². The van der Waals surface area contributed by atoms with Crippen LogP contribution < -0.4 is 15.2 Å². The third-order valence-corrected chi connectivity index (χ3v) is 4.91. The van der Waals surface area contributed by atoms with E-state index in [1.54, 1.807) is 0 Å². The second-order valence-electron chi connectivity index (χ2n) is 7.04. The largest absolute Gasteiger partial charge is 0.416 e. The number of hydrazone groups is 1. The first-order valence-corrected chi connectivity index (χ1v) is 9.79. The number of aromatic nitrogens is 3. The lowest BCUT2D eigenvalue weighted by molar-refractivity contribution is -0.137. The minimum atomic E-state index is -4.36. The fourth-order valence-electron chi connectivity index (χ4n) is 3.29. The van der Waals surface area contributed by atoms with Crippen LogP contribution >= 0.6 is 0 Å². The molecule has 0 aliphatic carbocycles. The van der Waals surface area contributed by atoms with Crippen LogP contribution in [0.25, 0.3) is 0 Å². The van der Waals surface area contributed by atoms with E-state index in [9.17, 15) is 13.2 Å². The Balaban J connectivity index is 1.50. The minimum Gasteiger partial charge on any atom is -0.378 e. The number of rotatable bonds is 5. The number of benzene rings is 1. The van der Waals surface area contributed by atoms with Gasteiger partial charge >= 0.3 is 6.18 Å². The van der Waals surface area contributed by atoms with Crippen LogP contribution in [0, 0.1) is 0 Å². The molecule has 0 radical (unpaired) electrons. The van der Waals surface area contributed by atoms with Crippen molar-refractivity contribution in [3.8, 4) is 0 Å². The van der Waals surface area contributed by atoms with Gasteiger partial charge in [-0.25, -0.2) is 5.43 Å². The van der Waals surface area contributed by atoms with Crippen LogP contribution in [0.1, 0.15) is 24.0 Å². The van der Waals surface area contributed by atoms with Crippen LogP contribution in [-0.4, -0.2) is 60.6 Å². The van der Waals surface area contributed by atoms with Gasteiger partial charge in [0.25, 0.3) is 0 Å². The summed E-state index contributed by atoms with van der Waals surface area (Å²) < 4.78 is 43.4. The number of ether oxygens (including phenoxy) is 1. The maximum absolute atomic E-state index is 12.7. The Morgan fingerprint density at radius 2 is 1.50 bits per heavy atom. The molecule has 160 valence electrons. The van der Waals surface area contributed by atoms with Crippen LogP contribution in [0.4, 0.5) is 31.0 Å². The Morgan fingerprint density at radius 3 is 2.10 bits per heavy atom. The second kappa shape index (κ2) is 8.82. The van der Waals surface area contributed by atoms with Gasteiger partial charge in [0.1, 0.15) is 0 Å². The number of halogens is 3. The quantitative estimate of drug-likeness (QED) is 0.588. The summed E-state index contributed by atoms with van der Waals surface area (Å²) in [6.07, 6.45) is -0.755. The van der Waals surface area contributed by atoms with Crippen LogP contribution in [0.5, 0.6) is 0 Å². The third-order valence-electron chi connectivity index (χ3n) is 4.91. The highest BCUT2D eigenvalue weighted by atomic mass is 19.4. The van der Waals surface area contributed by atoms with Crippen molar-refractivity contribution in [1.82, 2.24) is 15.0 Å². The van der Waals surface area contributed by atoms with Crippen molar-refractivity contribution in [2.45, 2.75) is 19.0 Å². The van der Waals surface area contributed by atoms with Crippen molar-refractivity contribution in [2.24, 2.45) is 5.10 Å². The molecule has 0 bridgehead atoms. The van der Waals surface area contributed by atoms with E-state index in [1.165, 1.54) is 18.3 Å². The Bertz CT molecular complexity index is 877. The van der Waals surface area contributed by atoms with Gasteiger partial charge in [0.2, 0.25) is 17.8 Å². The van der Waals surface area contributed by atoms with Gasteiger partial charge in [0, 0.05) is 26.2 Å². The Hall–Kier alpha value is -2.95. The first-order chi connectivity index (χ1) is 14.5. The number of hydrogen-bond acceptors (Lipinski definition) is 8. The summed E-state index contributed by atoms with van der Waals surface area (Å²) in [4.78, 5) is 17.7. The molecular formula is C19H22F3N7O. The summed E-state index contributed by atoms with van der Waals surface area (Å²) in [6.45, 7) is 4.39. The van der Waals surface area contributed by atoms with E-state index in [2.05, 4.69) is 30.4 Å². The molecular weight excluding hydrogens is 399 g/mol. The summed E-state index contributed by atoms with van der Waals surface area (Å²) in [5.74, 6) is 1.44. The van der Waals surface area contributed by atoms with Crippen LogP contribution in [-0.2, 0) is 10.9 Å². The number of nitrogens with one attached hydrogen (secondary N) is 1. The number of alkyl halides is 3. The van der Waals surface area contributed by atoms with E-state index in [1.807, 2.05) is 4.90 Å². The zero-order valence-electron chi connectivity index (χ0n) is 16.3. The molecule has 2 saturated heterocycles. The molecule has 0 atom stereocenters. The van der Waals surface area contributed by atoms with Crippen LogP contribution in [0.2, 0.25) is 0 Å². The smallest absolute Gasteiger partial charge is 0.378 e. The maximum atomic E-state index is 12.7. The van der Waals surface area contributed by atoms with Crippen molar-refractivity contribution in [2.75, 3.05) is 54.6 Å². The van der Waals surface area contributed by atoms with Crippen molar-refractivity contribution >= 4 is 24.1 Å². The standard InChI is InChI=1S/C19H22F3N7O/c20-19(21,22)15-5-3-14(4-6-15)13-23-27-16-24-17(28-7-1-2-8-28)26-18(25-16)29-9-11-30-12-10-29/h3-6,13H,1-2,7-12H2,(H,24,25,26,27)/b23-13-. The van der Waals surface area contributed by atoms with Crippen molar-refractivity contribution < 1.29 is 17.9 Å². The lowest BCUT2D eigenvalue weighted by Crippen LogP contribution is -2.38. The molecule has 30 heavy (non-hydrogen) atoms. The number of nitrogens with zero attached hydrogens (tertiary/aromatic N) is 6. The second-order valence-corrected chi connectivity index (χ2v) is 7.04. The molecule has 2 aromatic rings. The monoisotopic (exact) mass is 421 g/mol. The fourth-order valence-corrected chi connectivity index (χ4v) is 3.29. The van der Waals surface area contributed by atoms with Gasteiger partial charge in [-0.1, -0.05) is 12.1 Å². The summed E-state index contributed by atoms with van der Waals surface area (Å²) in [5.41, 5.74) is 2.61. The highest BCUT2D eigenvalue weighted by Gasteiger charge is 2.29. The lowest BCUT2D eigenvalue weighted by Gasteiger charge is -2.27. The third kappa shape index (κ3) is 4.96. The average molecular weight is 421 g/mol. The molecule has 11 heteroatoms. The molecule has 0 spiro atoms. The normalized spacial score (nSPS) is 17.7. The van der Waals surface area contributed by atoms with E-state index < -0.39 is 11.7 Å². The highest BCUT2D eigenvalue weighted by molar-refractivity contribution is 5.80. The molecule has 0 saturated carbocycles. The SMILES string of the molecule is FC(F)(F)c1ccc(/C=N\Nc2nc(N3CCCC3)nc(N3CCOCC3)n2)cc1. The van der Waals surface area contributed by atoms with E-state index >= 15 is 0 Å². The molecule has 8 nitrogen and oxygen atoms in total. The molecule has 3 heterocycles. The fraction of sp³-hybridized carbons (Fsp3) is 0.474. The van der Waals surface area contributed by atoms with Crippen molar-refractivity contribution in [3.63, 3.8) is 0 Å². The van der Waals surface area contributed by atoms with Gasteiger partial charge in [-0.05, 0) is 30.5 Å². The summed E-state index contributed by atoms with van der Waals surface area (Å²) >= 11 is 0. The molecule has 0 unspecified atom stereocenters. The van der Waals surface area contributed by atoms with Gasteiger partial charge in [-0.15, -0.1) is 0 Å². The zero-order valence-corrected chi connectivity index (χ0v) is 16.3. The van der Waals surface area contributed by atoms with Gasteiger partial charge in [-0.3, -0.25) is 0 Å². The van der Waals surface area contributed by atoms with E-state index in [-0.39, 0.29) is 5.95 Å². The Labute approximate surface area is 171 Å². The Kier molecular flexibility index (Phi) is 5.98. The number of morpholine rings is 1. The summed E-state index contributed by atoms with van der Waals surface area (Å²) in [6, 6.07) is 4.76. The predicted molar refractivity (Wildman–Crippen MR) is 107 cm³/mol.